The van der Waals surface area contributed by atoms with Gasteiger partial charge in [0.05, 0.1) is 0 Å². The average molecular weight is 584 g/mol. The lowest BCUT2D eigenvalue weighted by Crippen LogP contribution is -2.40. The van der Waals surface area contributed by atoms with E-state index in [0.29, 0.717) is 43.4 Å². The van der Waals surface area contributed by atoms with Gasteiger partial charge >= 0.3 is 12.4 Å². The summed E-state index contributed by atoms with van der Waals surface area (Å²) in [4.78, 5) is 27.4. The number of hydrogen-bond acceptors (Lipinski definition) is 4. The zero-order valence-electron chi connectivity index (χ0n) is 20.8. The van der Waals surface area contributed by atoms with E-state index < -0.39 is 23.7 Å². The molecule has 1 aliphatic carbocycles. The molecule has 212 valence electrons. The summed E-state index contributed by atoms with van der Waals surface area (Å²) < 4.78 is 78.2. The Labute approximate surface area is 231 Å². The van der Waals surface area contributed by atoms with Crippen molar-refractivity contribution in [1.82, 2.24) is 10.3 Å². The van der Waals surface area contributed by atoms with Gasteiger partial charge in [-0.2, -0.15) is 53.3 Å². The maximum atomic E-state index is 13.0. The van der Waals surface area contributed by atoms with E-state index in [1.54, 1.807) is 24.3 Å². The number of benzene rings is 1. The van der Waals surface area contributed by atoms with Gasteiger partial charge in [-0.3, -0.25) is 9.59 Å². The van der Waals surface area contributed by atoms with Crippen LogP contribution < -0.4 is 10.6 Å². The van der Waals surface area contributed by atoms with Crippen molar-refractivity contribution in [3.8, 4) is 0 Å². The van der Waals surface area contributed by atoms with Gasteiger partial charge < -0.3 is 10.6 Å². The Hall–Kier alpha value is -2.41. The molecule has 5 nitrogen and oxygen atoms in total. The number of hydrogen-bond donors (Lipinski definition) is 2. The van der Waals surface area contributed by atoms with Gasteiger partial charge in [0.15, 0.2) is 0 Å². The smallest absolute Gasteiger partial charge is 0.382 e. The highest BCUT2D eigenvalue weighted by molar-refractivity contribution is 7.59. The highest BCUT2D eigenvalue weighted by Gasteiger charge is 2.39. The van der Waals surface area contributed by atoms with Crippen LogP contribution in [-0.4, -0.2) is 28.8 Å². The van der Waals surface area contributed by atoms with Gasteiger partial charge in [-0.05, 0) is 55.5 Å². The lowest BCUT2D eigenvalue weighted by molar-refractivity contribution is -0.150. The zero-order chi connectivity index (χ0) is 26.7. The van der Waals surface area contributed by atoms with Crippen molar-refractivity contribution in [3.63, 3.8) is 0 Å². The standard InChI is InChI=1S/C25H27F6N3O2.2H2S/c1-14(2)20(35)11-15-4-3-5-16(10-15)23(36)33-18-8-6-17(7-9-18)32-19-12-21(24(26,27)28)34-22(13-19)25(29,30)31;;/h3-5,10,12-14,17-18H,6-9,11H2,1-2H3,(H,32,34)(H,33,36);2*1H2. The lowest BCUT2D eigenvalue weighted by Gasteiger charge is -2.30. The van der Waals surface area contributed by atoms with Crippen LogP contribution in [-0.2, 0) is 23.6 Å². The van der Waals surface area contributed by atoms with E-state index in [-0.39, 0.29) is 68.8 Å². The molecule has 1 aromatic heterocycles. The van der Waals surface area contributed by atoms with E-state index in [0.717, 1.165) is 5.56 Å². The molecule has 0 unspecified atom stereocenters. The fourth-order valence-corrected chi connectivity index (χ4v) is 4.02. The summed E-state index contributed by atoms with van der Waals surface area (Å²) in [6.07, 6.45) is -7.91. The monoisotopic (exact) mass is 583 g/mol. The van der Waals surface area contributed by atoms with Gasteiger partial charge in [-0.15, -0.1) is 0 Å². The van der Waals surface area contributed by atoms with Gasteiger partial charge in [-0.1, -0.05) is 26.0 Å². The Kier molecular flexibility index (Phi) is 12.0. The van der Waals surface area contributed by atoms with Gasteiger partial charge in [0.2, 0.25) is 0 Å². The molecule has 1 fully saturated rings. The third kappa shape index (κ3) is 9.40. The number of amides is 1. The quantitative estimate of drug-likeness (QED) is 0.377. The average Bonchev–Trinajstić information content (AvgIpc) is 2.79. The number of alkyl halides is 6. The number of halogens is 6. The van der Waals surface area contributed by atoms with Crippen LogP contribution in [0.2, 0.25) is 0 Å². The topological polar surface area (TPSA) is 71.1 Å². The second-order valence-electron chi connectivity index (χ2n) is 9.29. The number of pyridine rings is 1. The Morgan fingerprint density at radius 3 is 1.92 bits per heavy atom. The summed E-state index contributed by atoms with van der Waals surface area (Å²) in [7, 11) is 0. The van der Waals surface area contributed by atoms with Gasteiger partial charge in [-0.25, -0.2) is 4.98 Å². The molecule has 0 saturated heterocycles. The molecule has 2 N–H and O–H groups in total. The Morgan fingerprint density at radius 1 is 0.895 bits per heavy atom. The fourth-order valence-electron chi connectivity index (χ4n) is 4.02. The zero-order valence-corrected chi connectivity index (χ0v) is 22.8. The SMILES string of the molecule is CC(C)C(=O)Cc1cccc(C(=O)NC2CCC(Nc3cc(C(F)(F)F)nc(C(F)(F)F)c3)CC2)c1.S.S. The van der Waals surface area contributed by atoms with Crippen molar-refractivity contribution >= 4 is 44.4 Å². The van der Waals surface area contributed by atoms with Crippen LogP contribution in [0, 0.1) is 5.92 Å². The van der Waals surface area contributed by atoms with E-state index in [9.17, 15) is 35.9 Å². The predicted octanol–water partition coefficient (Wildman–Crippen LogP) is 6.27. The number of carbonyl (C=O) groups excluding carboxylic acids is 2. The first-order valence-electron chi connectivity index (χ1n) is 11.6. The van der Waals surface area contributed by atoms with Crippen LogP contribution in [0.1, 0.15) is 66.8 Å². The number of carbonyl (C=O) groups is 2. The second-order valence-corrected chi connectivity index (χ2v) is 9.29. The third-order valence-corrected chi connectivity index (χ3v) is 6.05. The molecule has 3 rings (SSSR count). The van der Waals surface area contributed by atoms with E-state index in [1.807, 2.05) is 13.8 Å². The molecule has 1 amide bonds. The highest BCUT2D eigenvalue weighted by Crippen LogP contribution is 2.35. The second kappa shape index (κ2) is 13.6. The van der Waals surface area contributed by atoms with Crippen molar-refractivity contribution in [2.45, 2.75) is 70.4 Å². The van der Waals surface area contributed by atoms with Crippen LogP contribution in [0.25, 0.3) is 0 Å². The molecule has 13 heteroatoms. The lowest BCUT2D eigenvalue weighted by atomic mass is 9.90. The minimum Gasteiger partial charge on any atom is -0.382 e. The summed E-state index contributed by atoms with van der Waals surface area (Å²) in [5.74, 6) is -0.347. The minimum atomic E-state index is -5.01. The third-order valence-electron chi connectivity index (χ3n) is 6.05. The van der Waals surface area contributed by atoms with Gasteiger partial charge in [0.1, 0.15) is 17.2 Å². The molecule has 0 aliphatic heterocycles. The molecule has 0 radical (unpaired) electrons. The normalized spacial score (nSPS) is 17.7. The molecule has 1 aromatic carbocycles. The molecular weight excluding hydrogens is 552 g/mol. The first-order valence-corrected chi connectivity index (χ1v) is 11.6. The molecule has 0 atom stereocenters. The number of nitrogens with one attached hydrogen (secondary N) is 2. The Morgan fingerprint density at radius 2 is 1.42 bits per heavy atom. The molecule has 38 heavy (non-hydrogen) atoms. The highest BCUT2D eigenvalue weighted by atomic mass is 32.1. The molecule has 0 bridgehead atoms. The summed E-state index contributed by atoms with van der Waals surface area (Å²) in [6.45, 7) is 3.62. The number of aromatic nitrogens is 1. The van der Waals surface area contributed by atoms with Gasteiger partial charge in [0, 0.05) is 35.7 Å². The molecule has 1 aliphatic rings. The maximum absolute atomic E-state index is 13.0. The Bertz CT molecular complexity index is 1070. The Balaban J connectivity index is 0.00000361. The first kappa shape index (κ1) is 33.6. The number of nitrogens with zero attached hydrogens (tertiary/aromatic N) is 1. The molecule has 2 aromatic rings. The number of rotatable bonds is 7. The predicted molar refractivity (Wildman–Crippen MR) is 142 cm³/mol. The van der Waals surface area contributed by atoms with Crippen molar-refractivity contribution < 1.29 is 35.9 Å². The molecule has 1 heterocycles. The van der Waals surface area contributed by atoms with E-state index in [2.05, 4.69) is 15.6 Å². The fraction of sp³-hybridized carbons (Fsp3) is 0.480. The van der Waals surface area contributed by atoms with Crippen LogP contribution in [0.15, 0.2) is 36.4 Å². The van der Waals surface area contributed by atoms with E-state index in [4.69, 9.17) is 0 Å². The van der Waals surface area contributed by atoms with Crippen LogP contribution in [0.3, 0.4) is 0 Å². The summed E-state index contributed by atoms with van der Waals surface area (Å²) in [5, 5.41) is 5.68. The summed E-state index contributed by atoms with van der Waals surface area (Å²) >= 11 is 0. The summed E-state index contributed by atoms with van der Waals surface area (Å²) in [5.41, 5.74) is -2.37. The van der Waals surface area contributed by atoms with Crippen molar-refractivity contribution in [2.75, 3.05) is 5.32 Å². The summed E-state index contributed by atoms with van der Waals surface area (Å²) in [6, 6.07) is 7.40. The molecule has 0 spiro atoms. The van der Waals surface area contributed by atoms with Gasteiger partial charge in [0.25, 0.3) is 5.91 Å². The van der Waals surface area contributed by atoms with E-state index in [1.165, 1.54) is 0 Å². The molecular formula is C25H31F6N3O2S2. The van der Waals surface area contributed by atoms with Crippen LogP contribution in [0.5, 0.6) is 0 Å². The van der Waals surface area contributed by atoms with Crippen molar-refractivity contribution in [3.05, 3.63) is 58.9 Å². The molecule has 1 saturated carbocycles. The van der Waals surface area contributed by atoms with Crippen LogP contribution in [0.4, 0.5) is 32.0 Å². The van der Waals surface area contributed by atoms with E-state index >= 15 is 0 Å². The number of anilines is 1. The van der Waals surface area contributed by atoms with Crippen molar-refractivity contribution in [2.24, 2.45) is 5.92 Å². The largest absolute Gasteiger partial charge is 0.433 e. The first-order chi connectivity index (χ1) is 16.7. The number of ketones is 1. The minimum absolute atomic E-state index is 0. The van der Waals surface area contributed by atoms with Crippen LogP contribution >= 0.6 is 27.0 Å². The maximum Gasteiger partial charge on any atom is 0.433 e. The number of Topliss-reactive ketones (excluding diaryl/α,β-unsaturated/α-hetero) is 1. The van der Waals surface area contributed by atoms with Crippen molar-refractivity contribution in [1.29, 1.82) is 0 Å².